The van der Waals surface area contributed by atoms with E-state index in [4.69, 9.17) is 5.73 Å². The highest BCUT2D eigenvalue weighted by molar-refractivity contribution is 7.98. The number of amides is 2. The van der Waals surface area contributed by atoms with Crippen molar-refractivity contribution in [3.8, 4) is 0 Å². The van der Waals surface area contributed by atoms with Crippen molar-refractivity contribution in [1.29, 1.82) is 0 Å². The number of nitrogens with zero attached hydrogens (tertiary/aromatic N) is 1. The first-order valence-corrected chi connectivity index (χ1v) is 8.04. The number of likely N-dealkylation sites (tertiary alicyclic amines) is 1. The molecule has 0 radical (unpaired) electrons. The first-order valence-electron chi connectivity index (χ1n) is 6.65. The number of fused-ring (bicyclic) bond motifs is 1. The van der Waals surface area contributed by atoms with Crippen LogP contribution >= 0.6 is 11.8 Å². The molecule has 1 saturated heterocycles. The summed E-state index contributed by atoms with van der Waals surface area (Å²) in [5, 5.41) is 0. The fourth-order valence-corrected chi connectivity index (χ4v) is 4.14. The minimum absolute atomic E-state index is 0.0272. The summed E-state index contributed by atoms with van der Waals surface area (Å²) in [7, 11) is 0. The van der Waals surface area contributed by atoms with E-state index in [1.165, 1.54) is 6.42 Å². The molecule has 1 saturated carbocycles. The predicted octanol–water partition coefficient (Wildman–Crippen LogP) is 1.10. The molecule has 1 aliphatic carbocycles. The highest BCUT2D eigenvalue weighted by Crippen LogP contribution is 2.42. The molecule has 0 aromatic rings. The Morgan fingerprint density at radius 1 is 1.44 bits per heavy atom. The molecule has 1 heterocycles. The molecule has 5 heteroatoms. The van der Waals surface area contributed by atoms with Gasteiger partial charge < -0.3 is 10.6 Å². The van der Waals surface area contributed by atoms with Crippen molar-refractivity contribution < 1.29 is 9.59 Å². The van der Waals surface area contributed by atoms with Gasteiger partial charge >= 0.3 is 0 Å². The number of hydrogen-bond acceptors (Lipinski definition) is 3. The van der Waals surface area contributed by atoms with Gasteiger partial charge in [-0.2, -0.15) is 11.8 Å². The first kappa shape index (κ1) is 13.7. The van der Waals surface area contributed by atoms with Crippen molar-refractivity contribution >= 4 is 23.6 Å². The average molecular weight is 270 g/mol. The van der Waals surface area contributed by atoms with Crippen molar-refractivity contribution in [2.75, 3.05) is 18.6 Å². The Labute approximate surface area is 113 Å². The molecule has 2 fully saturated rings. The number of nitrogens with two attached hydrogens (primary N) is 1. The minimum Gasteiger partial charge on any atom is -0.368 e. The lowest BCUT2D eigenvalue weighted by Gasteiger charge is -2.27. The van der Waals surface area contributed by atoms with E-state index in [-0.39, 0.29) is 23.8 Å². The van der Waals surface area contributed by atoms with Crippen LogP contribution < -0.4 is 5.73 Å². The van der Waals surface area contributed by atoms with Crippen LogP contribution in [0.4, 0.5) is 0 Å². The van der Waals surface area contributed by atoms with Crippen molar-refractivity contribution in [3.63, 3.8) is 0 Å². The monoisotopic (exact) mass is 270 g/mol. The number of thioether (sulfide) groups is 1. The van der Waals surface area contributed by atoms with Gasteiger partial charge in [-0.15, -0.1) is 0 Å². The first-order chi connectivity index (χ1) is 8.56. The van der Waals surface area contributed by atoms with Gasteiger partial charge in [-0.25, -0.2) is 0 Å². The second kappa shape index (κ2) is 5.51. The lowest BCUT2D eigenvalue weighted by atomic mass is 9.93. The van der Waals surface area contributed by atoms with Crippen LogP contribution in [0.3, 0.4) is 0 Å². The minimum atomic E-state index is -0.352. The largest absolute Gasteiger partial charge is 0.368 e. The summed E-state index contributed by atoms with van der Waals surface area (Å²) in [6.45, 7) is 2.67. The second-order valence-corrected chi connectivity index (χ2v) is 6.46. The molecule has 2 amide bonds. The second-order valence-electron chi connectivity index (χ2n) is 5.55. The molecule has 4 nitrogen and oxygen atoms in total. The van der Waals surface area contributed by atoms with Crippen LogP contribution in [0.2, 0.25) is 0 Å². The summed E-state index contributed by atoms with van der Waals surface area (Å²) in [5.74, 6) is 1.36. The zero-order chi connectivity index (χ0) is 13.3. The van der Waals surface area contributed by atoms with Gasteiger partial charge in [-0.3, -0.25) is 9.59 Å². The highest BCUT2D eigenvalue weighted by Gasteiger charge is 2.48. The van der Waals surface area contributed by atoms with E-state index >= 15 is 0 Å². The summed E-state index contributed by atoms with van der Waals surface area (Å²) >= 11 is 1.66. The number of primary amides is 1. The van der Waals surface area contributed by atoms with Crippen molar-refractivity contribution in [1.82, 2.24) is 4.90 Å². The molecule has 1 aliphatic heterocycles. The van der Waals surface area contributed by atoms with Gasteiger partial charge in [-0.1, -0.05) is 13.3 Å². The SMILES string of the molecule is CSCC(C)C(=O)N1CC2CCCC2C1C(N)=O. The summed E-state index contributed by atoms with van der Waals surface area (Å²) in [6, 6.07) is -0.352. The lowest BCUT2D eigenvalue weighted by Crippen LogP contribution is -2.48. The zero-order valence-corrected chi connectivity index (χ0v) is 11.9. The number of rotatable bonds is 4. The molecule has 0 bridgehead atoms. The molecule has 2 N–H and O–H groups in total. The van der Waals surface area contributed by atoms with E-state index < -0.39 is 0 Å². The van der Waals surface area contributed by atoms with E-state index in [9.17, 15) is 9.59 Å². The third-order valence-corrected chi connectivity index (χ3v) is 5.14. The van der Waals surface area contributed by atoms with Gasteiger partial charge in [0.05, 0.1) is 0 Å². The maximum absolute atomic E-state index is 12.4. The molecule has 0 aromatic carbocycles. The van der Waals surface area contributed by atoms with Gasteiger partial charge in [0.1, 0.15) is 6.04 Å². The van der Waals surface area contributed by atoms with Gasteiger partial charge in [-0.05, 0) is 30.9 Å². The number of hydrogen-bond donors (Lipinski definition) is 1. The maximum Gasteiger partial charge on any atom is 0.240 e. The summed E-state index contributed by atoms with van der Waals surface area (Å²) in [6.07, 6.45) is 5.34. The Kier molecular flexibility index (Phi) is 4.20. The van der Waals surface area contributed by atoms with Crippen molar-refractivity contribution in [2.24, 2.45) is 23.5 Å². The zero-order valence-electron chi connectivity index (χ0n) is 11.1. The maximum atomic E-state index is 12.4. The molecular formula is C13H22N2O2S. The van der Waals surface area contributed by atoms with Crippen molar-refractivity contribution in [3.05, 3.63) is 0 Å². The van der Waals surface area contributed by atoms with Crippen LogP contribution in [0.5, 0.6) is 0 Å². The van der Waals surface area contributed by atoms with Crippen LogP contribution in [0.15, 0.2) is 0 Å². The highest BCUT2D eigenvalue weighted by atomic mass is 32.2. The predicted molar refractivity (Wildman–Crippen MR) is 73.1 cm³/mol. The van der Waals surface area contributed by atoms with E-state index in [0.717, 1.165) is 25.1 Å². The molecular weight excluding hydrogens is 248 g/mol. The van der Waals surface area contributed by atoms with E-state index in [1.54, 1.807) is 16.7 Å². The van der Waals surface area contributed by atoms with Gasteiger partial charge in [0.15, 0.2) is 0 Å². The molecule has 18 heavy (non-hydrogen) atoms. The van der Waals surface area contributed by atoms with E-state index in [0.29, 0.717) is 11.8 Å². The Hall–Kier alpha value is -0.710. The number of carbonyl (C=O) groups excluding carboxylic acids is 2. The van der Waals surface area contributed by atoms with Crippen molar-refractivity contribution in [2.45, 2.75) is 32.2 Å². The topological polar surface area (TPSA) is 63.4 Å². The third kappa shape index (κ3) is 2.37. The van der Waals surface area contributed by atoms with Crippen LogP contribution in [0.25, 0.3) is 0 Å². The quantitative estimate of drug-likeness (QED) is 0.832. The Bertz CT molecular complexity index is 348. The van der Waals surface area contributed by atoms with Crippen LogP contribution in [0, 0.1) is 17.8 Å². The van der Waals surface area contributed by atoms with Crippen LogP contribution in [-0.4, -0.2) is 41.3 Å². The Morgan fingerprint density at radius 3 is 2.78 bits per heavy atom. The molecule has 0 spiro atoms. The van der Waals surface area contributed by atoms with E-state index in [1.807, 2.05) is 13.2 Å². The smallest absolute Gasteiger partial charge is 0.240 e. The number of carbonyl (C=O) groups is 2. The molecule has 4 atom stereocenters. The van der Waals surface area contributed by atoms with E-state index in [2.05, 4.69) is 0 Å². The lowest BCUT2D eigenvalue weighted by molar-refractivity contribution is -0.140. The molecule has 4 unspecified atom stereocenters. The van der Waals surface area contributed by atoms with Crippen LogP contribution in [0.1, 0.15) is 26.2 Å². The standard InChI is InChI=1S/C13H22N2O2S/c1-8(7-18-2)13(17)15-6-9-4-3-5-10(9)11(15)12(14)16/h8-11H,3-7H2,1-2H3,(H2,14,16). The van der Waals surface area contributed by atoms with Gasteiger partial charge in [0, 0.05) is 18.2 Å². The van der Waals surface area contributed by atoms with Crippen LogP contribution in [-0.2, 0) is 9.59 Å². The average Bonchev–Trinajstić information content (AvgIpc) is 2.86. The molecule has 102 valence electrons. The molecule has 0 aromatic heterocycles. The summed E-state index contributed by atoms with van der Waals surface area (Å²) in [4.78, 5) is 25.8. The Balaban J connectivity index is 2.12. The normalized spacial score (nSPS) is 32.3. The molecule has 2 rings (SSSR count). The third-order valence-electron chi connectivity index (χ3n) is 4.30. The fourth-order valence-electron chi connectivity index (χ4n) is 3.50. The van der Waals surface area contributed by atoms with Gasteiger partial charge in [0.25, 0.3) is 0 Å². The Morgan fingerprint density at radius 2 is 2.17 bits per heavy atom. The fraction of sp³-hybridized carbons (Fsp3) is 0.846. The summed E-state index contributed by atoms with van der Waals surface area (Å²) in [5.41, 5.74) is 5.52. The van der Waals surface area contributed by atoms with Gasteiger partial charge in [0.2, 0.25) is 11.8 Å². The molecule has 2 aliphatic rings. The summed E-state index contributed by atoms with van der Waals surface area (Å²) < 4.78 is 0.